The van der Waals surface area contributed by atoms with Crippen molar-refractivity contribution in [2.24, 2.45) is 7.05 Å². The minimum atomic E-state index is -0.0509. The van der Waals surface area contributed by atoms with E-state index in [0.29, 0.717) is 0 Å². The highest BCUT2D eigenvalue weighted by Crippen LogP contribution is 2.26. The average Bonchev–Trinajstić information content (AvgIpc) is 3.11. The van der Waals surface area contributed by atoms with Gasteiger partial charge in [-0.05, 0) is 26.7 Å². The molecular formula is C17H24N6O. The Morgan fingerprint density at radius 1 is 1.21 bits per heavy atom. The number of piperidine rings is 1. The van der Waals surface area contributed by atoms with Crippen LogP contribution in [0.25, 0.3) is 0 Å². The fraction of sp³-hybridized carbons (Fsp3) is 0.588. The van der Waals surface area contributed by atoms with E-state index in [1.807, 2.05) is 18.1 Å². The summed E-state index contributed by atoms with van der Waals surface area (Å²) < 4.78 is 4.04. The van der Waals surface area contributed by atoms with Gasteiger partial charge in [-0.1, -0.05) is 0 Å². The number of fused-ring (bicyclic) bond motifs is 1. The summed E-state index contributed by atoms with van der Waals surface area (Å²) >= 11 is 0. The molecule has 0 bridgehead atoms. The maximum absolute atomic E-state index is 13.0. The molecule has 2 aliphatic rings. The summed E-state index contributed by atoms with van der Waals surface area (Å²) in [4.78, 5) is 21.9. The van der Waals surface area contributed by atoms with Crippen molar-refractivity contribution in [3.05, 3.63) is 29.6 Å². The third-order valence-electron chi connectivity index (χ3n) is 5.35. The Hall–Kier alpha value is -2.15. The number of nitrogens with zero attached hydrogens (tertiary/aromatic N) is 6. The summed E-state index contributed by atoms with van der Waals surface area (Å²) in [5.74, 6) is 1.28. The standard InChI is InChI=1S/C17H24N6O/c1-12-13(2)22-8-7-21(11-16(22)19-12)15-5-4-6-23(17(15)24)14-9-18-20(3)10-14/h9-10,15H,4-8,11H2,1-3H3. The summed E-state index contributed by atoms with van der Waals surface area (Å²) in [6.07, 6.45) is 5.63. The Bertz CT molecular complexity index is 776. The molecule has 1 atom stereocenters. The number of hydrogen-bond donors (Lipinski definition) is 0. The van der Waals surface area contributed by atoms with Crippen molar-refractivity contribution in [3.63, 3.8) is 0 Å². The lowest BCUT2D eigenvalue weighted by molar-refractivity contribution is -0.126. The molecule has 4 heterocycles. The Balaban J connectivity index is 1.55. The van der Waals surface area contributed by atoms with Gasteiger partial charge in [0.15, 0.2) is 0 Å². The molecule has 1 fully saturated rings. The number of hydrogen-bond acceptors (Lipinski definition) is 4. The zero-order chi connectivity index (χ0) is 16.8. The van der Waals surface area contributed by atoms with Gasteiger partial charge in [-0.15, -0.1) is 0 Å². The molecule has 7 heteroatoms. The fourth-order valence-corrected chi connectivity index (χ4v) is 3.90. The van der Waals surface area contributed by atoms with Crippen molar-refractivity contribution in [2.45, 2.75) is 45.8 Å². The molecule has 0 radical (unpaired) electrons. The maximum atomic E-state index is 13.0. The first kappa shape index (κ1) is 15.4. The van der Waals surface area contributed by atoms with Crippen LogP contribution in [0.15, 0.2) is 12.4 Å². The summed E-state index contributed by atoms with van der Waals surface area (Å²) in [7, 11) is 1.88. The first-order chi connectivity index (χ1) is 11.5. The number of imidazole rings is 1. The molecule has 2 aliphatic heterocycles. The molecule has 2 aromatic rings. The lowest BCUT2D eigenvalue weighted by Gasteiger charge is -2.39. The van der Waals surface area contributed by atoms with E-state index in [-0.39, 0.29) is 11.9 Å². The first-order valence-corrected chi connectivity index (χ1v) is 8.61. The van der Waals surface area contributed by atoms with Crippen molar-refractivity contribution in [1.82, 2.24) is 24.2 Å². The van der Waals surface area contributed by atoms with Gasteiger partial charge in [-0.25, -0.2) is 4.98 Å². The highest BCUT2D eigenvalue weighted by atomic mass is 16.2. The summed E-state index contributed by atoms with van der Waals surface area (Å²) in [5.41, 5.74) is 3.24. The molecule has 0 aliphatic carbocycles. The predicted octanol–water partition coefficient (Wildman–Crippen LogP) is 1.24. The minimum absolute atomic E-state index is 0.0509. The largest absolute Gasteiger partial charge is 0.330 e. The molecule has 1 amide bonds. The molecule has 0 spiro atoms. The fourth-order valence-electron chi connectivity index (χ4n) is 3.90. The van der Waals surface area contributed by atoms with E-state index in [1.54, 1.807) is 10.9 Å². The zero-order valence-electron chi connectivity index (χ0n) is 14.6. The molecule has 0 N–H and O–H groups in total. The SMILES string of the molecule is Cc1nc2n(c1C)CCN(C1CCCN(c3cnn(C)c3)C1=O)C2. The third kappa shape index (κ3) is 2.43. The van der Waals surface area contributed by atoms with Gasteiger partial charge in [0.1, 0.15) is 5.82 Å². The third-order valence-corrected chi connectivity index (χ3v) is 5.35. The highest BCUT2D eigenvalue weighted by Gasteiger charge is 2.36. The van der Waals surface area contributed by atoms with Crippen LogP contribution >= 0.6 is 0 Å². The number of anilines is 1. The lowest BCUT2D eigenvalue weighted by atomic mass is 10.0. The van der Waals surface area contributed by atoms with Crippen LogP contribution in [0.5, 0.6) is 0 Å². The van der Waals surface area contributed by atoms with E-state index in [0.717, 1.165) is 56.2 Å². The van der Waals surface area contributed by atoms with Gasteiger partial charge in [-0.2, -0.15) is 5.10 Å². The van der Waals surface area contributed by atoms with Crippen LogP contribution in [0, 0.1) is 13.8 Å². The molecule has 24 heavy (non-hydrogen) atoms. The number of aryl methyl sites for hydroxylation is 2. The number of aromatic nitrogens is 4. The maximum Gasteiger partial charge on any atom is 0.244 e. The van der Waals surface area contributed by atoms with Crippen LogP contribution in [0.4, 0.5) is 5.69 Å². The van der Waals surface area contributed by atoms with Gasteiger partial charge < -0.3 is 9.47 Å². The molecule has 2 aromatic heterocycles. The van der Waals surface area contributed by atoms with Crippen molar-refractivity contribution in [3.8, 4) is 0 Å². The summed E-state index contributed by atoms with van der Waals surface area (Å²) in [6.45, 7) is 7.53. The van der Waals surface area contributed by atoms with Gasteiger partial charge in [0, 0.05) is 38.6 Å². The Kier molecular flexibility index (Phi) is 3.68. The molecule has 7 nitrogen and oxygen atoms in total. The lowest BCUT2D eigenvalue weighted by Crippen LogP contribution is -2.54. The van der Waals surface area contributed by atoms with Gasteiger partial charge in [0.25, 0.3) is 0 Å². The molecule has 0 saturated carbocycles. The van der Waals surface area contributed by atoms with Crippen molar-refractivity contribution >= 4 is 11.6 Å². The van der Waals surface area contributed by atoms with Crippen LogP contribution in [-0.2, 0) is 24.9 Å². The Labute approximate surface area is 141 Å². The molecule has 0 aromatic carbocycles. The van der Waals surface area contributed by atoms with Gasteiger partial charge in [0.2, 0.25) is 5.91 Å². The monoisotopic (exact) mass is 328 g/mol. The second-order valence-electron chi connectivity index (χ2n) is 6.84. The quantitative estimate of drug-likeness (QED) is 0.832. The molecular weight excluding hydrogens is 304 g/mol. The first-order valence-electron chi connectivity index (χ1n) is 8.61. The Morgan fingerprint density at radius 2 is 2.04 bits per heavy atom. The molecule has 4 rings (SSSR count). The number of carbonyl (C=O) groups excluding carboxylic acids is 1. The smallest absolute Gasteiger partial charge is 0.244 e. The van der Waals surface area contributed by atoms with Crippen LogP contribution < -0.4 is 4.90 Å². The van der Waals surface area contributed by atoms with Crippen LogP contribution in [0.1, 0.15) is 30.1 Å². The number of rotatable bonds is 2. The average molecular weight is 328 g/mol. The van der Waals surface area contributed by atoms with Crippen molar-refractivity contribution in [2.75, 3.05) is 18.0 Å². The van der Waals surface area contributed by atoms with Crippen molar-refractivity contribution < 1.29 is 4.79 Å². The van der Waals surface area contributed by atoms with E-state index in [2.05, 4.69) is 33.4 Å². The minimum Gasteiger partial charge on any atom is -0.330 e. The zero-order valence-corrected chi connectivity index (χ0v) is 14.6. The van der Waals surface area contributed by atoms with E-state index in [4.69, 9.17) is 0 Å². The molecule has 1 saturated heterocycles. The summed E-state index contributed by atoms with van der Waals surface area (Å²) in [6, 6.07) is -0.0509. The van der Waals surface area contributed by atoms with E-state index in [1.165, 1.54) is 5.69 Å². The van der Waals surface area contributed by atoms with E-state index < -0.39 is 0 Å². The van der Waals surface area contributed by atoms with E-state index in [9.17, 15) is 4.79 Å². The number of amides is 1. The second kappa shape index (κ2) is 5.73. The molecule has 128 valence electrons. The van der Waals surface area contributed by atoms with Gasteiger partial charge >= 0.3 is 0 Å². The molecule has 1 unspecified atom stereocenters. The van der Waals surface area contributed by atoms with Crippen molar-refractivity contribution in [1.29, 1.82) is 0 Å². The summed E-state index contributed by atoms with van der Waals surface area (Å²) in [5, 5.41) is 4.20. The van der Waals surface area contributed by atoms with Crippen LogP contribution in [0.2, 0.25) is 0 Å². The van der Waals surface area contributed by atoms with Gasteiger partial charge in [-0.3, -0.25) is 14.4 Å². The van der Waals surface area contributed by atoms with Crippen LogP contribution in [-0.4, -0.2) is 49.3 Å². The Morgan fingerprint density at radius 3 is 2.79 bits per heavy atom. The predicted molar refractivity (Wildman–Crippen MR) is 90.7 cm³/mol. The normalized spacial score (nSPS) is 22.0. The highest BCUT2D eigenvalue weighted by molar-refractivity contribution is 5.97. The number of carbonyl (C=O) groups is 1. The topological polar surface area (TPSA) is 59.2 Å². The van der Waals surface area contributed by atoms with Crippen LogP contribution in [0.3, 0.4) is 0 Å². The second-order valence-corrected chi connectivity index (χ2v) is 6.84. The van der Waals surface area contributed by atoms with E-state index >= 15 is 0 Å². The van der Waals surface area contributed by atoms with Gasteiger partial charge in [0.05, 0.1) is 30.2 Å².